The van der Waals surface area contributed by atoms with Gasteiger partial charge >= 0.3 is 39.5 Å². The second-order valence-electron chi connectivity index (χ2n) is 28.2. The van der Waals surface area contributed by atoms with E-state index in [-0.39, 0.29) is 25.7 Å². The van der Waals surface area contributed by atoms with Crippen LogP contribution in [0.25, 0.3) is 0 Å². The van der Waals surface area contributed by atoms with Gasteiger partial charge in [-0.05, 0) is 31.6 Å². The van der Waals surface area contributed by atoms with E-state index in [2.05, 4.69) is 34.6 Å². The van der Waals surface area contributed by atoms with Crippen LogP contribution in [0.3, 0.4) is 0 Å². The number of hydrogen-bond donors (Lipinski definition) is 3. The first-order valence-corrected chi connectivity index (χ1v) is 43.1. The smallest absolute Gasteiger partial charge is 0.462 e. The van der Waals surface area contributed by atoms with Gasteiger partial charge < -0.3 is 33.8 Å². The molecule has 96 heavy (non-hydrogen) atoms. The maximum absolute atomic E-state index is 13.1. The second-order valence-corrected chi connectivity index (χ2v) is 31.1. The van der Waals surface area contributed by atoms with Gasteiger partial charge in [-0.1, -0.05) is 356 Å². The molecule has 0 aliphatic heterocycles. The number of carbonyl (C=O) groups excluding carboxylic acids is 4. The van der Waals surface area contributed by atoms with Gasteiger partial charge in [-0.25, -0.2) is 9.13 Å². The third-order valence-electron chi connectivity index (χ3n) is 18.0. The van der Waals surface area contributed by atoms with Crippen molar-refractivity contribution < 1.29 is 80.2 Å². The number of aliphatic hydroxyl groups is 1. The Hall–Kier alpha value is -1.94. The molecule has 17 nitrogen and oxygen atoms in total. The Kier molecular flexibility index (Phi) is 68.7. The first-order chi connectivity index (χ1) is 46.5. The molecule has 0 aliphatic carbocycles. The van der Waals surface area contributed by atoms with Gasteiger partial charge in [0.2, 0.25) is 0 Å². The van der Waals surface area contributed by atoms with E-state index >= 15 is 0 Å². The Bertz CT molecular complexity index is 1840. The molecule has 0 aromatic carbocycles. The molecule has 0 aromatic heterocycles. The molecule has 0 radical (unpaired) electrons. The fourth-order valence-electron chi connectivity index (χ4n) is 11.9. The van der Waals surface area contributed by atoms with Crippen LogP contribution in [-0.4, -0.2) is 96.7 Å². The summed E-state index contributed by atoms with van der Waals surface area (Å²) in [5.74, 6) is -1.30. The highest BCUT2D eigenvalue weighted by atomic mass is 31.2. The highest BCUT2D eigenvalue weighted by Gasteiger charge is 2.30. The zero-order chi connectivity index (χ0) is 70.5. The zero-order valence-electron chi connectivity index (χ0n) is 62.5. The number of unbranched alkanes of at least 4 members (excludes halogenated alkanes) is 49. The molecule has 0 amide bonds. The van der Waals surface area contributed by atoms with Crippen LogP contribution in [0.4, 0.5) is 0 Å². The molecule has 0 saturated heterocycles. The Balaban J connectivity index is 5.20. The van der Waals surface area contributed by atoms with Gasteiger partial charge in [0.15, 0.2) is 12.2 Å². The molecule has 19 heteroatoms. The van der Waals surface area contributed by atoms with Gasteiger partial charge in [0.1, 0.15) is 19.3 Å². The maximum Gasteiger partial charge on any atom is 0.472 e. The van der Waals surface area contributed by atoms with Crippen molar-refractivity contribution in [3.63, 3.8) is 0 Å². The highest BCUT2D eigenvalue weighted by molar-refractivity contribution is 7.47. The number of ether oxygens (including phenoxy) is 4. The average molecular weight is 1410 g/mol. The molecule has 3 N–H and O–H groups in total. The van der Waals surface area contributed by atoms with E-state index in [1.54, 1.807) is 0 Å². The standard InChI is InChI=1S/C77H150O17P2/c1-6-9-12-15-18-21-23-25-26-30-34-37-41-46-51-56-61-75(80)88-67-73(94-77(82)63-58-53-48-43-39-35-31-28-27-29-33-36-40-44-49-54-59-70(4)5)69-92-96(85,86)90-65-71(78)64-89-95(83,84)91-68-72(66-87-74(79)60-55-50-45-20-17-14-11-8-3)93-76(81)62-57-52-47-42-38-32-24-22-19-16-13-10-7-2/h70-73,78H,6-69H2,1-5H3,(H,83,84)(H,85,86)/t71-,72+,73+/m0/s1. The summed E-state index contributed by atoms with van der Waals surface area (Å²) >= 11 is 0. The first kappa shape index (κ1) is 94.1. The molecular formula is C77H150O17P2. The summed E-state index contributed by atoms with van der Waals surface area (Å²) in [6, 6.07) is 0. The summed E-state index contributed by atoms with van der Waals surface area (Å²) in [7, 11) is -9.91. The summed E-state index contributed by atoms with van der Waals surface area (Å²) < 4.78 is 68.5. The first-order valence-electron chi connectivity index (χ1n) is 40.1. The monoisotopic (exact) mass is 1410 g/mol. The predicted octanol–water partition coefficient (Wildman–Crippen LogP) is 22.9. The molecule has 0 spiro atoms. The molecule has 2 unspecified atom stereocenters. The van der Waals surface area contributed by atoms with Crippen LogP contribution >= 0.6 is 15.6 Å². The number of aliphatic hydroxyl groups excluding tert-OH is 1. The van der Waals surface area contributed by atoms with Crippen LogP contribution in [0.5, 0.6) is 0 Å². The second kappa shape index (κ2) is 70.1. The van der Waals surface area contributed by atoms with Crippen LogP contribution in [-0.2, 0) is 65.4 Å². The van der Waals surface area contributed by atoms with Gasteiger partial charge in [0.25, 0.3) is 0 Å². The van der Waals surface area contributed by atoms with Gasteiger partial charge in [-0.3, -0.25) is 37.3 Å². The van der Waals surface area contributed by atoms with Crippen molar-refractivity contribution in [1.82, 2.24) is 0 Å². The SMILES string of the molecule is CCCCCCCCCCCCCCCCCCC(=O)OC[C@H](COP(=O)(O)OC[C@@H](O)COP(=O)(O)OC[C@@H](COC(=O)CCCCCCCCCC)OC(=O)CCCCCCCCCCCCCCC)OC(=O)CCCCCCCCCCCCCCCCCCC(C)C. The molecule has 0 saturated carbocycles. The van der Waals surface area contributed by atoms with Crippen LogP contribution in [0, 0.1) is 5.92 Å². The fraction of sp³-hybridized carbons (Fsp3) is 0.948. The lowest BCUT2D eigenvalue weighted by molar-refractivity contribution is -0.161. The number of esters is 4. The molecule has 0 aromatic rings. The minimum atomic E-state index is -4.96. The number of rotatable bonds is 77. The highest BCUT2D eigenvalue weighted by Crippen LogP contribution is 2.45. The molecule has 0 bridgehead atoms. The van der Waals surface area contributed by atoms with Crippen LogP contribution in [0.1, 0.15) is 407 Å². The van der Waals surface area contributed by atoms with Gasteiger partial charge in [0.05, 0.1) is 26.4 Å². The number of phosphoric acid groups is 2. The van der Waals surface area contributed by atoms with Crippen molar-refractivity contribution in [3.05, 3.63) is 0 Å². The topological polar surface area (TPSA) is 237 Å². The van der Waals surface area contributed by atoms with Crippen molar-refractivity contribution in [2.24, 2.45) is 5.92 Å². The summed E-state index contributed by atoms with van der Waals surface area (Å²) in [4.78, 5) is 72.8. The minimum Gasteiger partial charge on any atom is -0.462 e. The minimum absolute atomic E-state index is 0.108. The van der Waals surface area contributed by atoms with Crippen LogP contribution in [0.15, 0.2) is 0 Å². The van der Waals surface area contributed by atoms with E-state index in [4.69, 9.17) is 37.0 Å². The Labute approximate surface area is 588 Å². The van der Waals surface area contributed by atoms with Gasteiger partial charge in [-0.15, -0.1) is 0 Å². The lowest BCUT2D eigenvalue weighted by Crippen LogP contribution is -2.30. The van der Waals surface area contributed by atoms with E-state index in [1.807, 2.05) is 0 Å². The summed E-state index contributed by atoms with van der Waals surface area (Å²) in [5, 5.41) is 10.6. The van der Waals surface area contributed by atoms with E-state index < -0.39 is 97.5 Å². The van der Waals surface area contributed by atoms with Crippen LogP contribution in [0.2, 0.25) is 0 Å². The van der Waals surface area contributed by atoms with Crippen molar-refractivity contribution in [1.29, 1.82) is 0 Å². The van der Waals surface area contributed by atoms with Crippen molar-refractivity contribution in [3.8, 4) is 0 Å². The number of hydrogen-bond acceptors (Lipinski definition) is 15. The van der Waals surface area contributed by atoms with Gasteiger partial charge in [0, 0.05) is 25.7 Å². The predicted molar refractivity (Wildman–Crippen MR) is 391 cm³/mol. The lowest BCUT2D eigenvalue weighted by atomic mass is 10.0. The molecular weight excluding hydrogens is 1260 g/mol. The molecule has 0 aliphatic rings. The van der Waals surface area contributed by atoms with E-state index in [1.165, 1.54) is 225 Å². The molecule has 0 fully saturated rings. The third kappa shape index (κ3) is 70.5. The number of phosphoric ester groups is 2. The zero-order valence-corrected chi connectivity index (χ0v) is 64.3. The quantitative estimate of drug-likeness (QED) is 0.0222. The summed E-state index contributed by atoms with van der Waals surface area (Å²) in [6.07, 6.45) is 59.6. The molecule has 0 rings (SSSR count). The van der Waals surface area contributed by atoms with E-state index in [0.717, 1.165) is 102 Å². The lowest BCUT2D eigenvalue weighted by Gasteiger charge is -2.21. The van der Waals surface area contributed by atoms with Crippen molar-refractivity contribution in [2.75, 3.05) is 39.6 Å². The largest absolute Gasteiger partial charge is 0.472 e. The summed E-state index contributed by atoms with van der Waals surface area (Å²) in [6.45, 7) is 7.31. The Morgan fingerprint density at radius 2 is 0.479 bits per heavy atom. The maximum atomic E-state index is 13.1. The third-order valence-corrected chi connectivity index (χ3v) is 19.9. The summed E-state index contributed by atoms with van der Waals surface area (Å²) in [5.41, 5.74) is 0. The average Bonchev–Trinajstić information content (AvgIpc) is 1.78. The molecule has 5 atom stereocenters. The molecule has 0 heterocycles. The Morgan fingerprint density at radius 1 is 0.281 bits per heavy atom. The van der Waals surface area contributed by atoms with Crippen molar-refractivity contribution in [2.45, 2.75) is 425 Å². The van der Waals surface area contributed by atoms with E-state index in [9.17, 15) is 43.2 Å². The van der Waals surface area contributed by atoms with E-state index in [0.29, 0.717) is 25.7 Å². The number of carbonyl (C=O) groups is 4. The van der Waals surface area contributed by atoms with Gasteiger partial charge in [-0.2, -0.15) is 0 Å². The fourth-order valence-corrected chi connectivity index (χ4v) is 13.5. The normalized spacial score (nSPS) is 13.9. The molecule has 570 valence electrons. The Morgan fingerprint density at radius 3 is 0.708 bits per heavy atom. The van der Waals surface area contributed by atoms with Crippen molar-refractivity contribution >= 4 is 39.5 Å². The van der Waals surface area contributed by atoms with Crippen LogP contribution < -0.4 is 0 Å².